The molecule has 0 aliphatic carbocycles. The van der Waals surface area contributed by atoms with Gasteiger partial charge in [-0.3, -0.25) is 4.57 Å². The summed E-state index contributed by atoms with van der Waals surface area (Å²) in [5, 5.41) is 25.0. The third-order valence-electron chi connectivity index (χ3n) is 5.22. The summed E-state index contributed by atoms with van der Waals surface area (Å²) in [6.45, 7) is 7.81. The number of nitrogens with zero attached hydrogens (tertiary/aromatic N) is 8. The molecule has 5 aromatic rings. The summed E-state index contributed by atoms with van der Waals surface area (Å²) in [6.07, 6.45) is 3.38. The normalized spacial score (nSPS) is 10.8. The molecule has 0 bridgehead atoms. The topological polar surface area (TPSA) is 119 Å². The lowest BCUT2D eigenvalue weighted by molar-refractivity contribution is 0.362. The fourth-order valence-electron chi connectivity index (χ4n) is 3.60. The smallest absolute Gasteiger partial charge is 0.163 e. The molecule has 10 heteroatoms. The van der Waals surface area contributed by atoms with Crippen LogP contribution in [0, 0.1) is 25.2 Å². The van der Waals surface area contributed by atoms with E-state index in [4.69, 9.17) is 9.72 Å². The maximum atomic E-state index is 9.24. The van der Waals surface area contributed by atoms with Crippen LogP contribution in [0.5, 0.6) is 5.75 Å². The zero-order valence-corrected chi connectivity index (χ0v) is 19.2. The highest BCUT2D eigenvalue weighted by molar-refractivity contribution is 5.82. The average molecular weight is 464 g/mol. The van der Waals surface area contributed by atoms with E-state index in [1.54, 1.807) is 29.2 Å². The van der Waals surface area contributed by atoms with Crippen molar-refractivity contribution in [1.29, 1.82) is 5.26 Å². The number of fused-ring (bicyclic) bond motifs is 1. The summed E-state index contributed by atoms with van der Waals surface area (Å²) in [7, 11) is 0. The van der Waals surface area contributed by atoms with E-state index >= 15 is 0 Å². The van der Waals surface area contributed by atoms with Crippen molar-refractivity contribution in [3.63, 3.8) is 0 Å². The molecule has 0 saturated carbocycles. The first-order chi connectivity index (χ1) is 17.0. The van der Waals surface area contributed by atoms with Gasteiger partial charge in [-0.1, -0.05) is 12.7 Å². The quantitative estimate of drug-likeness (QED) is 0.357. The summed E-state index contributed by atoms with van der Waals surface area (Å²) in [6, 6.07) is 17.0. The fourth-order valence-corrected chi connectivity index (χ4v) is 3.60. The number of nitriles is 1. The number of aryl methyl sites for hydroxylation is 2. The minimum atomic E-state index is 0.314. The minimum Gasteiger partial charge on any atom is -0.489 e. The van der Waals surface area contributed by atoms with Crippen LogP contribution in [0.15, 0.2) is 67.5 Å². The van der Waals surface area contributed by atoms with E-state index in [9.17, 15) is 5.26 Å². The highest BCUT2D eigenvalue weighted by atomic mass is 16.5. The van der Waals surface area contributed by atoms with Crippen LogP contribution in [0.25, 0.3) is 22.7 Å². The van der Waals surface area contributed by atoms with Crippen LogP contribution in [-0.4, -0.2) is 41.1 Å². The number of benzene rings is 1. The van der Waals surface area contributed by atoms with Crippen LogP contribution in [-0.2, 0) is 0 Å². The number of ether oxygens (including phenoxy) is 1. The lowest BCUT2D eigenvalue weighted by Gasteiger charge is -2.12. The molecule has 10 nitrogen and oxygen atoms in total. The number of hydrogen-bond donors (Lipinski definition) is 1. The van der Waals surface area contributed by atoms with Crippen molar-refractivity contribution in [2.45, 2.75) is 13.8 Å². The summed E-state index contributed by atoms with van der Waals surface area (Å²) in [5.74, 6) is 2.37. The Morgan fingerprint density at radius 1 is 1.09 bits per heavy atom. The highest BCUT2D eigenvalue weighted by Gasteiger charge is 2.14. The first kappa shape index (κ1) is 21.8. The summed E-state index contributed by atoms with van der Waals surface area (Å²) in [5.41, 5.74) is 4.43. The van der Waals surface area contributed by atoms with Gasteiger partial charge >= 0.3 is 0 Å². The number of nitrogens with one attached hydrogen (secondary N) is 1. The maximum absolute atomic E-state index is 9.24. The van der Waals surface area contributed by atoms with Crippen LogP contribution in [0.4, 0.5) is 11.5 Å². The molecule has 1 N–H and O–H groups in total. The molecule has 172 valence electrons. The molecule has 4 heterocycles. The van der Waals surface area contributed by atoms with Crippen LogP contribution < -0.4 is 10.1 Å². The van der Waals surface area contributed by atoms with Crippen LogP contribution in [0.3, 0.4) is 0 Å². The molecule has 0 unspecified atom stereocenters. The van der Waals surface area contributed by atoms with E-state index in [-0.39, 0.29) is 0 Å². The van der Waals surface area contributed by atoms with E-state index in [1.807, 2.05) is 54.8 Å². The summed E-state index contributed by atoms with van der Waals surface area (Å²) in [4.78, 5) is 9.35. The van der Waals surface area contributed by atoms with Gasteiger partial charge in [-0.2, -0.15) is 15.5 Å². The van der Waals surface area contributed by atoms with Gasteiger partial charge in [0.15, 0.2) is 17.3 Å². The standard InChI is InChI=1S/C25H21N9O/c1-4-9-35-20-12-24(29-25(13-20)34-17(3)10-19(14-26)32-34)33-15-27-21-11-18(6-7-22(21)33)28-23-8-5-16(2)30-31-23/h4-8,10-13,15H,1,9H2,2-3H3,(H,28,31). The Morgan fingerprint density at radius 3 is 2.69 bits per heavy atom. The van der Waals surface area contributed by atoms with Crippen molar-refractivity contribution in [2.75, 3.05) is 11.9 Å². The Balaban J connectivity index is 1.54. The van der Waals surface area contributed by atoms with Crippen molar-refractivity contribution in [3.8, 4) is 23.5 Å². The predicted molar refractivity (Wildman–Crippen MR) is 131 cm³/mol. The van der Waals surface area contributed by atoms with E-state index in [2.05, 4.69) is 38.2 Å². The van der Waals surface area contributed by atoms with Gasteiger partial charge in [0.2, 0.25) is 0 Å². The number of rotatable bonds is 7. The van der Waals surface area contributed by atoms with Crippen LogP contribution in [0.1, 0.15) is 17.1 Å². The lowest BCUT2D eigenvalue weighted by Crippen LogP contribution is -2.07. The van der Waals surface area contributed by atoms with E-state index < -0.39 is 0 Å². The molecule has 0 fully saturated rings. The molecule has 4 aromatic heterocycles. The molecule has 0 saturated heterocycles. The average Bonchev–Trinajstić information content (AvgIpc) is 3.47. The summed E-state index contributed by atoms with van der Waals surface area (Å²) < 4.78 is 9.31. The molecular formula is C25H21N9O. The number of imidazole rings is 1. The van der Waals surface area contributed by atoms with Crippen molar-refractivity contribution < 1.29 is 4.74 Å². The molecule has 5 rings (SSSR count). The van der Waals surface area contributed by atoms with E-state index in [1.165, 1.54) is 0 Å². The Kier molecular flexibility index (Phi) is 5.65. The maximum Gasteiger partial charge on any atom is 0.163 e. The number of anilines is 2. The largest absolute Gasteiger partial charge is 0.489 e. The SMILES string of the molecule is C=CCOc1cc(-n2nc(C#N)cc2C)nc(-n2cnc3cc(Nc4ccc(C)nn4)ccc32)c1. The van der Waals surface area contributed by atoms with Gasteiger partial charge in [0, 0.05) is 23.5 Å². The third-order valence-corrected chi connectivity index (χ3v) is 5.22. The van der Waals surface area contributed by atoms with Crippen molar-refractivity contribution >= 4 is 22.5 Å². The van der Waals surface area contributed by atoms with Gasteiger partial charge in [-0.05, 0) is 50.2 Å². The minimum absolute atomic E-state index is 0.314. The third kappa shape index (κ3) is 4.43. The Hall–Kier alpha value is -5.04. The Labute approximate surface area is 201 Å². The fraction of sp³-hybridized carbons (Fsp3) is 0.120. The Bertz CT molecular complexity index is 1580. The van der Waals surface area contributed by atoms with Crippen LogP contribution in [0.2, 0.25) is 0 Å². The molecule has 1 aromatic carbocycles. The van der Waals surface area contributed by atoms with Gasteiger partial charge in [-0.25, -0.2) is 14.6 Å². The van der Waals surface area contributed by atoms with Crippen molar-refractivity contribution in [2.24, 2.45) is 0 Å². The lowest BCUT2D eigenvalue weighted by atomic mass is 10.2. The first-order valence-corrected chi connectivity index (χ1v) is 10.8. The van der Waals surface area contributed by atoms with E-state index in [0.29, 0.717) is 35.5 Å². The highest BCUT2D eigenvalue weighted by Crippen LogP contribution is 2.26. The monoisotopic (exact) mass is 463 g/mol. The molecule has 0 spiro atoms. The van der Waals surface area contributed by atoms with Crippen molar-refractivity contribution in [1.82, 2.24) is 34.5 Å². The number of hydrogen-bond acceptors (Lipinski definition) is 8. The van der Waals surface area contributed by atoms with Gasteiger partial charge in [0.05, 0.1) is 16.7 Å². The second-order valence-electron chi connectivity index (χ2n) is 7.82. The molecule has 0 amide bonds. The molecule has 0 atom stereocenters. The van der Waals surface area contributed by atoms with Crippen LogP contribution >= 0.6 is 0 Å². The van der Waals surface area contributed by atoms with Crippen molar-refractivity contribution in [3.05, 3.63) is 84.6 Å². The molecule has 0 radical (unpaired) electrons. The molecular weight excluding hydrogens is 442 g/mol. The van der Waals surface area contributed by atoms with Gasteiger partial charge in [-0.15, -0.1) is 5.10 Å². The number of pyridine rings is 1. The van der Waals surface area contributed by atoms with E-state index in [0.717, 1.165) is 28.1 Å². The summed E-state index contributed by atoms with van der Waals surface area (Å²) >= 11 is 0. The van der Waals surface area contributed by atoms with Gasteiger partial charge in [0.1, 0.15) is 30.6 Å². The Morgan fingerprint density at radius 2 is 1.94 bits per heavy atom. The molecule has 0 aliphatic heterocycles. The zero-order chi connectivity index (χ0) is 24.4. The number of aromatic nitrogens is 7. The van der Waals surface area contributed by atoms with Gasteiger partial charge < -0.3 is 10.1 Å². The zero-order valence-electron chi connectivity index (χ0n) is 19.2. The predicted octanol–water partition coefficient (Wildman–Crippen LogP) is 4.19. The molecule has 35 heavy (non-hydrogen) atoms. The second-order valence-corrected chi connectivity index (χ2v) is 7.82. The molecule has 0 aliphatic rings. The second kappa shape index (κ2) is 9.07. The first-order valence-electron chi connectivity index (χ1n) is 10.8. The van der Waals surface area contributed by atoms with Gasteiger partial charge in [0.25, 0.3) is 0 Å².